The van der Waals surface area contributed by atoms with Crippen LogP contribution in [0.25, 0.3) is 0 Å². The lowest BCUT2D eigenvalue weighted by molar-refractivity contribution is 0.162. The second-order valence-corrected chi connectivity index (χ2v) is 8.31. The van der Waals surface area contributed by atoms with E-state index >= 15 is 0 Å². The first-order valence-electron chi connectivity index (χ1n) is 10.9. The maximum Gasteiger partial charge on any atom is 0.134 e. The Morgan fingerprint density at radius 3 is 2.58 bits per heavy atom. The summed E-state index contributed by atoms with van der Waals surface area (Å²) in [6.07, 6.45) is 8.45. The van der Waals surface area contributed by atoms with Gasteiger partial charge in [0.2, 0.25) is 0 Å². The third-order valence-corrected chi connectivity index (χ3v) is 6.20. The van der Waals surface area contributed by atoms with Crippen LogP contribution in [0.3, 0.4) is 0 Å². The van der Waals surface area contributed by atoms with Gasteiger partial charge in [-0.25, -0.2) is 13.2 Å². The number of benzene rings is 1. The minimum atomic E-state index is -0.926. The highest BCUT2D eigenvalue weighted by molar-refractivity contribution is 5.32. The van der Waals surface area contributed by atoms with E-state index in [1.165, 1.54) is 24.1 Å². The van der Waals surface area contributed by atoms with Gasteiger partial charge in [0.1, 0.15) is 17.5 Å². The van der Waals surface area contributed by atoms with Gasteiger partial charge in [-0.1, -0.05) is 32.6 Å². The van der Waals surface area contributed by atoms with Crippen LogP contribution in [0.5, 0.6) is 0 Å². The molecule has 0 spiro atoms. The molecule has 0 amide bonds. The van der Waals surface area contributed by atoms with Crippen molar-refractivity contribution in [3.8, 4) is 0 Å². The summed E-state index contributed by atoms with van der Waals surface area (Å²) in [5, 5.41) is 2.99. The minimum Gasteiger partial charge on any atom is -0.381 e. The number of nitrogens with one attached hydrogen (secondary N) is 1. The molecule has 2 unspecified atom stereocenters. The fraction of sp³-hybridized carbons (Fsp3) is 0.440. The molecule has 0 radical (unpaired) electrons. The average molecular weight is 432 g/mol. The first kappa shape index (κ1) is 23.2. The van der Waals surface area contributed by atoms with Gasteiger partial charge < -0.3 is 10.2 Å². The van der Waals surface area contributed by atoms with Crippen LogP contribution in [-0.2, 0) is 6.54 Å². The standard InChI is InChI=1S/C25H32F3N3/c1-5-19(6-2)25-16-30-10-8-7-9-21(15-30)31(25)14-17(3)18(4)29-13-22-23(27)11-20(26)12-24(22)28/h5,11-12,14,21,29H,1,4,6-10,13,15-16H2,2-3H3/b17-14+,25-19+. The molecule has 2 fully saturated rings. The molecule has 1 aromatic rings. The van der Waals surface area contributed by atoms with Gasteiger partial charge >= 0.3 is 0 Å². The van der Waals surface area contributed by atoms with E-state index < -0.39 is 17.5 Å². The number of halogens is 3. The van der Waals surface area contributed by atoms with Gasteiger partial charge in [0.05, 0.1) is 0 Å². The monoisotopic (exact) mass is 431 g/mol. The van der Waals surface area contributed by atoms with E-state index in [1.54, 1.807) is 0 Å². The van der Waals surface area contributed by atoms with E-state index in [4.69, 9.17) is 0 Å². The molecule has 1 aromatic carbocycles. The zero-order chi connectivity index (χ0) is 22.5. The highest BCUT2D eigenvalue weighted by atomic mass is 19.1. The molecule has 1 N–H and O–H groups in total. The summed E-state index contributed by atoms with van der Waals surface area (Å²) in [6, 6.07) is 1.76. The topological polar surface area (TPSA) is 18.5 Å². The molecule has 0 aliphatic carbocycles. The zero-order valence-electron chi connectivity index (χ0n) is 18.5. The molecule has 31 heavy (non-hydrogen) atoms. The first-order valence-corrected chi connectivity index (χ1v) is 10.9. The summed E-state index contributed by atoms with van der Waals surface area (Å²) in [7, 11) is 0. The highest BCUT2D eigenvalue weighted by Crippen LogP contribution is 2.30. The molecule has 6 heteroatoms. The maximum atomic E-state index is 13.9. The fourth-order valence-corrected chi connectivity index (χ4v) is 4.36. The Kier molecular flexibility index (Phi) is 7.65. The molecule has 2 bridgehead atoms. The number of allylic oxidation sites excluding steroid dienone is 3. The van der Waals surface area contributed by atoms with E-state index in [0.29, 0.717) is 23.9 Å². The van der Waals surface area contributed by atoms with Gasteiger partial charge in [-0.05, 0) is 43.9 Å². The lowest BCUT2D eigenvalue weighted by Crippen LogP contribution is -2.49. The van der Waals surface area contributed by atoms with Crippen molar-refractivity contribution in [1.29, 1.82) is 0 Å². The third kappa shape index (κ3) is 5.42. The van der Waals surface area contributed by atoms with Crippen LogP contribution in [0, 0.1) is 17.5 Å². The van der Waals surface area contributed by atoms with E-state index in [2.05, 4.69) is 41.4 Å². The molecule has 2 atom stereocenters. The fourth-order valence-electron chi connectivity index (χ4n) is 4.36. The number of piperazine rings is 1. The normalized spacial score (nSPS) is 23.3. The Balaban J connectivity index is 1.81. The van der Waals surface area contributed by atoms with Crippen molar-refractivity contribution in [1.82, 2.24) is 15.1 Å². The Morgan fingerprint density at radius 2 is 1.94 bits per heavy atom. The van der Waals surface area contributed by atoms with Crippen molar-refractivity contribution in [2.45, 2.75) is 52.1 Å². The molecule has 2 aliphatic rings. The lowest BCUT2D eigenvalue weighted by atomic mass is 10.0. The smallest absolute Gasteiger partial charge is 0.134 e. The van der Waals surface area contributed by atoms with Crippen LogP contribution >= 0.6 is 0 Å². The summed E-state index contributed by atoms with van der Waals surface area (Å²) in [4.78, 5) is 4.86. The quantitative estimate of drug-likeness (QED) is 0.565. The maximum absolute atomic E-state index is 13.9. The molecule has 0 saturated carbocycles. The van der Waals surface area contributed by atoms with Crippen LogP contribution in [0.4, 0.5) is 13.2 Å². The lowest BCUT2D eigenvalue weighted by Gasteiger charge is -2.42. The molecular weight excluding hydrogens is 399 g/mol. The third-order valence-electron chi connectivity index (χ3n) is 6.20. The van der Waals surface area contributed by atoms with Crippen molar-refractivity contribution in [3.05, 3.63) is 83.1 Å². The average Bonchev–Trinajstić information content (AvgIpc) is 2.92. The number of hydrogen-bond acceptors (Lipinski definition) is 3. The zero-order valence-corrected chi connectivity index (χ0v) is 18.5. The Hall–Kier alpha value is -2.47. The van der Waals surface area contributed by atoms with Crippen LogP contribution in [0.15, 0.2) is 60.1 Å². The van der Waals surface area contributed by atoms with Gasteiger partial charge in [-0.3, -0.25) is 4.90 Å². The summed E-state index contributed by atoms with van der Waals surface area (Å²) in [5.74, 6) is -2.74. The van der Waals surface area contributed by atoms with Crippen LogP contribution in [-0.4, -0.2) is 35.5 Å². The largest absolute Gasteiger partial charge is 0.381 e. The van der Waals surface area contributed by atoms with Crippen LogP contribution in [0.1, 0.15) is 45.1 Å². The molecule has 2 aliphatic heterocycles. The molecule has 3 nitrogen and oxygen atoms in total. The predicted octanol–water partition coefficient (Wildman–Crippen LogP) is 5.63. The molecule has 3 rings (SSSR count). The number of hydrogen-bond donors (Lipinski definition) is 1. The van der Waals surface area contributed by atoms with Crippen LogP contribution < -0.4 is 5.32 Å². The predicted molar refractivity (Wildman–Crippen MR) is 119 cm³/mol. The Morgan fingerprint density at radius 1 is 1.23 bits per heavy atom. The molecule has 168 valence electrons. The summed E-state index contributed by atoms with van der Waals surface area (Å²) in [5.41, 5.74) is 3.76. The summed E-state index contributed by atoms with van der Waals surface area (Å²) < 4.78 is 41.0. The number of fused-ring (bicyclic) bond motifs is 2. The van der Waals surface area contributed by atoms with E-state index in [1.807, 2.05) is 13.0 Å². The second-order valence-electron chi connectivity index (χ2n) is 8.31. The van der Waals surface area contributed by atoms with Gasteiger partial charge in [-0.2, -0.15) is 0 Å². The minimum absolute atomic E-state index is 0.102. The Labute approximate surface area is 183 Å². The van der Waals surface area contributed by atoms with Crippen LogP contribution in [0.2, 0.25) is 0 Å². The van der Waals surface area contributed by atoms with Gasteiger partial charge in [0, 0.05) is 61.0 Å². The van der Waals surface area contributed by atoms with Gasteiger partial charge in [0.15, 0.2) is 0 Å². The van der Waals surface area contributed by atoms with E-state index in [9.17, 15) is 13.2 Å². The summed E-state index contributed by atoms with van der Waals surface area (Å²) >= 11 is 0. The van der Waals surface area contributed by atoms with Gasteiger partial charge in [-0.15, -0.1) is 0 Å². The van der Waals surface area contributed by atoms with Crippen molar-refractivity contribution in [2.24, 2.45) is 0 Å². The molecule has 0 aromatic heterocycles. The second kappa shape index (κ2) is 10.2. The number of rotatable bonds is 7. The summed E-state index contributed by atoms with van der Waals surface area (Å²) in [6.45, 7) is 15.1. The molecule has 2 saturated heterocycles. The number of nitrogens with zero attached hydrogens (tertiary/aromatic N) is 2. The van der Waals surface area contributed by atoms with Crippen molar-refractivity contribution >= 4 is 0 Å². The molecule has 2 heterocycles. The Bertz CT molecular complexity index is 880. The van der Waals surface area contributed by atoms with E-state index in [-0.39, 0.29) is 12.1 Å². The van der Waals surface area contributed by atoms with Crippen molar-refractivity contribution in [2.75, 3.05) is 19.6 Å². The van der Waals surface area contributed by atoms with Crippen molar-refractivity contribution < 1.29 is 13.2 Å². The first-order chi connectivity index (χ1) is 14.8. The highest BCUT2D eigenvalue weighted by Gasteiger charge is 2.31. The SMILES string of the molecule is C=C/C(CC)=C1/CN2CCCCC(C2)N1/C=C(\C)C(=C)NCc1c(F)cc(F)cc1F. The van der Waals surface area contributed by atoms with Gasteiger partial charge in [0.25, 0.3) is 0 Å². The molecular formula is C25H32F3N3. The van der Waals surface area contributed by atoms with Crippen molar-refractivity contribution in [3.63, 3.8) is 0 Å². The van der Waals surface area contributed by atoms with E-state index in [0.717, 1.165) is 38.0 Å².